The fourth-order valence-corrected chi connectivity index (χ4v) is 3.29. The number of carbonyl (C=O) groups excluding carboxylic acids is 2. The second-order valence-corrected chi connectivity index (χ2v) is 7.48. The zero-order chi connectivity index (χ0) is 22.0. The van der Waals surface area contributed by atoms with Gasteiger partial charge >= 0.3 is 0 Å². The Morgan fingerprint density at radius 3 is 2.77 bits per heavy atom. The summed E-state index contributed by atoms with van der Waals surface area (Å²) in [5.74, 6) is -0.554. The maximum Gasteiger partial charge on any atom is 0.256 e. The summed E-state index contributed by atoms with van der Waals surface area (Å²) in [5.41, 5.74) is 6.63. The van der Waals surface area contributed by atoms with E-state index in [0.717, 1.165) is 5.69 Å². The number of furan rings is 1. The Morgan fingerprint density at radius 2 is 2.13 bits per heavy atom. The first kappa shape index (κ1) is 21.7. The summed E-state index contributed by atoms with van der Waals surface area (Å²) in [4.78, 5) is 24.0. The minimum Gasteiger partial charge on any atom is -0.487 e. The van der Waals surface area contributed by atoms with Crippen molar-refractivity contribution in [1.29, 1.82) is 0 Å². The molecular formula is C20H23ClN4O5. The molecule has 0 aliphatic rings. The van der Waals surface area contributed by atoms with Crippen molar-refractivity contribution in [3.05, 3.63) is 46.4 Å². The van der Waals surface area contributed by atoms with E-state index in [0.29, 0.717) is 27.5 Å². The number of ether oxygens (including phenoxy) is 1. The van der Waals surface area contributed by atoms with Crippen LogP contribution in [0.1, 0.15) is 41.7 Å². The van der Waals surface area contributed by atoms with Crippen molar-refractivity contribution >= 4 is 34.4 Å². The topological polar surface area (TPSA) is 133 Å². The van der Waals surface area contributed by atoms with Crippen LogP contribution in [0.4, 0.5) is 0 Å². The van der Waals surface area contributed by atoms with E-state index in [1.54, 1.807) is 36.0 Å². The average Bonchev–Trinajstić information content (AvgIpc) is 3.22. The molecule has 1 atom stereocenters. The van der Waals surface area contributed by atoms with Crippen molar-refractivity contribution in [2.75, 3.05) is 6.61 Å². The number of aryl methyl sites for hydroxylation is 1. The Hall–Kier alpha value is -3.04. The molecule has 0 saturated carbocycles. The smallest absolute Gasteiger partial charge is 0.256 e. The van der Waals surface area contributed by atoms with Crippen molar-refractivity contribution in [3.63, 3.8) is 0 Å². The second kappa shape index (κ2) is 8.76. The number of carbonyl (C=O) groups is 2. The predicted octanol–water partition coefficient (Wildman–Crippen LogP) is 2.33. The molecule has 0 fully saturated rings. The molecule has 9 nitrogen and oxygen atoms in total. The van der Waals surface area contributed by atoms with Crippen LogP contribution in [0.25, 0.3) is 11.0 Å². The van der Waals surface area contributed by atoms with Crippen molar-refractivity contribution in [2.45, 2.75) is 39.5 Å². The molecule has 2 amide bonds. The molecule has 160 valence electrons. The number of hydrogen-bond acceptors (Lipinski definition) is 6. The third-order valence-electron chi connectivity index (χ3n) is 4.61. The SMILES string of the molecule is Cc1oc2ccc(OCc3c(Cl)cnn3C(C)C)cc2c1C(=O)NC(CO)C(N)=O. The maximum absolute atomic E-state index is 12.7. The standard InChI is InChI=1S/C20H23ClN4O5/c1-10(2)25-16(14(21)7-23-25)9-29-12-4-5-17-13(6-12)18(11(3)30-17)20(28)24-15(8-26)19(22)27/h4-7,10,15,26H,8-9H2,1-3H3,(H2,22,27)(H,24,28). The third kappa shape index (κ3) is 4.27. The van der Waals surface area contributed by atoms with Gasteiger partial charge in [0.1, 0.15) is 29.7 Å². The molecule has 0 spiro atoms. The Balaban J connectivity index is 1.87. The van der Waals surface area contributed by atoms with Crippen LogP contribution in [0.3, 0.4) is 0 Å². The molecule has 0 bridgehead atoms. The van der Waals surface area contributed by atoms with Gasteiger partial charge in [-0.3, -0.25) is 14.3 Å². The van der Waals surface area contributed by atoms with Crippen molar-refractivity contribution in [2.24, 2.45) is 5.73 Å². The van der Waals surface area contributed by atoms with Crippen LogP contribution in [-0.2, 0) is 11.4 Å². The summed E-state index contributed by atoms with van der Waals surface area (Å²) in [6.45, 7) is 5.20. The maximum atomic E-state index is 12.7. The van der Waals surface area contributed by atoms with Crippen LogP contribution in [0.5, 0.6) is 5.75 Å². The summed E-state index contributed by atoms with van der Waals surface area (Å²) < 4.78 is 13.3. The number of aromatic nitrogens is 2. The molecule has 3 aromatic rings. The minimum atomic E-state index is -1.19. The largest absolute Gasteiger partial charge is 0.487 e. The first-order valence-electron chi connectivity index (χ1n) is 9.31. The van der Waals surface area contributed by atoms with E-state index in [4.69, 9.17) is 26.5 Å². The van der Waals surface area contributed by atoms with Gasteiger partial charge in [-0.2, -0.15) is 5.10 Å². The van der Waals surface area contributed by atoms with Gasteiger partial charge in [0.15, 0.2) is 0 Å². The number of hydrogen-bond donors (Lipinski definition) is 3. The van der Waals surface area contributed by atoms with E-state index in [2.05, 4.69) is 10.4 Å². The highest BCUT2D eigenvalue weighted by atomic mass is 35.5. The number of nitrogens with zero attached hydrogens (tertiary/aromatic N) is 2. The van der Waals surface area contributed by atoms with Gasteiger partial charge in [-0.15, -0.1) is 0 Å². The first-order valence-corrected chi connectivity index (χ1v) is 9.69. The van der Waals surface area contributed by atoms with Crippen molar-refractivity contribution in [1.82, 2.24) is 15.1 Å². The summed E-state index contributed by atoms with van der Waals surface area (Å²) >= 11 is 6.22. The van der Waals surface area contributed by atoms with Gasteiger partial charge in [-0.05, 0) is 39.0 Å². The van der Waals surface area contributed by atoms with Crippen LogP contribution in [0.2, 0.25) is 5.02 Å². The fraction of sp³-hybridized carbons (Fsp3) is 0.350. The lowest BCUT2D eigenvalue weighted by Crippen LogP contribution is -2.46. The average molecular weight is 435 g/mol. The van der Waals surface area contributed by atoms with E-state index in [-0.39, 0.29) is 18.2 Å². The van der Waals surface area contributed by atoms with Gasteiger partial charge in [0.25, 0.3) is 5.91 Å². The van der Waals surface area contributed by atoms with Gasteiger partial charge in [-0.1, -0.05) is 11.6 Å². The van der Waals surface area contributed by atoms with Crippen LogP contribution in [-0.4, -0.2) is 39.4 Å². The van der Waals surface area contributed by atoms with Gasteiger partial charge in [0.05, 0.1) is 29.1 Å². The van der Waals surface area contributed by atoms with Crippen LogP contribution >= 0.6 is 11.6 Å². The number of primary amides is 1. The van der Waals surface area contributed by atoms with E-state index >= 15 is 0 Å². The second-order valence-electron chi connectivity index (χ2n) is 7.07. The lowest BCUT2D eigenvalue weighted by molar-refractivity contribution is -0.120. The molecule has 0 aliphatic carbocycles. The monoisotopic (exact) mass is 434 g/mol. The molecule has 2 aromatic heterocycles. The highest BCUT2D eigenvalue weighted by Gasteiger charge is 2.23. The molecule has 0 saturated heterocycles. The van der Waals surface area contributed by atoms with E-state index in [1.807, 2.05) is 13.8 Å². The Bertz CT molecular complexity index is 1090. The number of rotatable bonds is 8. The van der Waals surface area contributed by atoms with Crippen LogP contribution in [0, 0.1) is 6.92 Å². The zero-order valence-electron chi connectivity index (χ0n) is 16.8. The molecule has 2 heterocycles. The predicted molar refractivity (Wildman–Crippen MR) is 110 cm³/mol. The molecule has 1 unspecified atom stereocenters. The van der Waals surface area contributed by atoms with Crippen LogP contribution < -0.4 is 15.8 Å². The summed E-state index contributed by atoms with van der Waals surface area (Å²) in [7, 11) is 0. The van der Waals surface area contributed by atoms with E-state index < -0.39 is 24.5 Å². The minimum absolute atomic E-state index is 0.120. The number of aliphatic hydroxyl groups excluding tert-OH is 1. The molecule has 10 heteroatoms. The number of nitrogens with one attached hydrogen (secondary N) is 1. The Kier molecular flexibility index (Phi) is 6.33. The molecule has 3 rings (SSSR count). The highest BCUT2D eigenvalue weighted by molar-refractivity contribution is 6.31. The van der Waals surface area contributed by atoms with E-state index in [1.165, 1.54) is 0 Å². The number of fused-ring (bicyclic) bond motifs is 1. The molecule has 30 heavy (non-hydrogen) atoms. The number of aliphatic hydroxyl groups is 1. The first-order chi connectivity index (χ1) is 14.2. The van der Waals surface area contributed by atoms with Gasteiger partial charge in [0, 0.05) is 11.4 Å². The normalized spacial score (nSPS) is 12.3. The van der Waals surface area contributed by atoms with Gasteiger partial charge < -0.3 is 25.3 Å². The number of amides is 2. The van der Waals surface area contributed by atoms with Crippen molar-refractivity contribution in [3.8, 4) is 5.75 Å². The molecule has 4 N–H and O–H groups in total. The van der Waals surface area contributed by atoms with Crippen LogP contribution in [0.15, 0.2) is 28.8 Å². The zero-order valence-corrected chi connectivity index (χ0v) is 17.6. The van der Waals surface area contributed by atoms with E-state index in [9.17, 15) is 14.7 Å². The fourth-order valence-electron chi connectivity index (χ4n) is 3.11. The van der Waals surface area contributed by atoms with Crippen molar-refractivity contribution < 1.29 is 23.8 Å². The molecule has 0 radical (unpaired) electrons. The summed E-state index contributed by atoms with van der Waals surface area (Å²) in [6.07, 6.45) is 1.57. The highest BCUT2D eigenvalue weighted by Crippen LogP contribution is 2.30. The lowest BCUT2D eigenvalue weighted by atomic mass is 10.1. The number of halogens is 1. The lowest BCUT2D eigenvalue weighted by Gasteiger charge is -2.13. The number of nitrogens with two attached hydrogens (primary N) is 1. The quantitative estimate of drug-likeness (QED) is 0.498. The third-order valence-corrected chi connectivity index (χ3v) is 4.92. The Morgan fingerprint density at radius 1 is 1.40 bits per heavy atom. The molecule has 0 aliphatic heterocycles. The molecular weight excluding hydrogens is 412 g/mol. The van der Waals surface area contributed by atoms with Gasteiger partial charge in [-0.25, -0.2) is 0 Å². The summed E-state index contributed by atoms with van der Waals surface area (Å²) in [5, 5.41) is 16.9. The number of benzene rings is 1. The van der Waals surface area contributed by atoms with Gasteiger partial charge in [0.2, 0.25) is 5.91 Å². The Labute approximate surface area is 177 Å². The molecule has 1 aromatic carbocycles. The summed E-state index contributed by atoms with van der Waals surface area (Å²) in [6, 6.07) is 4.00.